The second-order valence-corrected chi connectivity index (χ2v) is 11.1. The van der Waals surface area contributed by atoms with E-state index in [1.54, 1.807) is 12.1 Å². The van der Waals surface area contributed by atoms with Gasteiger partial charge in [0.25, 0.3) is 5.91 Å². The molecular formula is C20H28N2O3S. The van der Waals surface area contributed by atoms with Gasteiger partial charge in [-0.05, 0) is 79.9 Å². The lowest BCUT2D eigenvalue weighted by Gasteiger charge is -2.56. The third-order valence-corrected chi connectivity index (χ3v) is 8.47. The van der Waals surface area contributed by atoms with Crippen molar-refractivity contribution in [3.63, 3.8) is 0 Å². The molecule has 0 saturated heterocycles. The summed E-state index contributed by atoms with van der Waals surface area (Å²) in [4.78, 5) is 12.8. The quantitative estimate of drug-likeness (QED) is 0.859. The van der Waals surface area contributed by atoms with Gasteiger partial charge in [0.05, 0.1) is 4.90 Å². The van der Waals surface area contributed by atoms with Gasteiger partial charge in [0.1, 0.15) is 0 Å². The van der Waals surface area contributed by atoms with E-state index >= 15 is 0 Å². The summed E-state index contributed by atoms with van der Waals surface area (Å²) in [7, 11) is -0.541. The zero-order valence-corrected chi connectivity index (χ0v) is 16.4. The average Bonchev–Trinajstić information content (AvgIpc) is 2.58. The predicted octanol–water partition coefficient (Wildman–Crippen LogP) is 2.88. The molecule has 4 aliphatic carbocycles. The Labute approximate surface area is 156 Å². The van der Waals surface area contributed by atoms with Crippen LogP contribution in [0.4, 0.5) is 0 Å². The highest BCUT2D eigenvalue weighted by Crippen LogP contribution is 2.59. The molecular weight excluding hydrogens is 348 g/mol. The smallest absolute Gasteiger partial charge is 0.251 e. The number of sulfonamides is 1. The van der Waals surface area contributed by atoms with Crippen LogP contribution in [0.1, 0.15) is 48.9 Å². The molecule has 1 amide bonds. The van der Waals surface area contributed by atoms with Gasteiger partial charge in [-0.25, -0.2) is 12.7 Å². The fraction of sp³-hybridized carbons (Fsp3) is 0.650. The van der Waals surface area contributed by atoms with E-state index in [1.165, 1.54) is 69.1 Å². The summed E-state index contributed by atoms with van der Waals surface area (Å²) < 4.78 is 25.7. The van der Waals surface area contributed by atoms with Crippen molar-refractivity contribution in [3.8, 4) is 0 Å². The standard InChI is InChI=1S/C20H28N2O3S/c1-22(2)26(24,25)18-5-3-4-17(9-18)19(23)21-13-20-10-14-6-15(11-20)8-16(7-14)12-20/h3-5,9,14-16H,6-8,10-13H2,1-2H3,(H,21,23). The van der Waals surface area contributed by atoms with Crippen molar-refractivity contribution in [1.82, 2.24) is 9.62 Å². The second kappa shape index (κ2) is 6.34. The Balaban J connectivity index is 1.46. The van der Waals surface area contributed by atoms with Crippen molar-refractivity contribution in [2.75, 3.05) is 20.6 Å². The Morgan fingerprint density at radius 3 is 2.23 bits per heavy atom. The summed E-state index contributed by atoms with van der Waals surface area (Å²) in [5.74, 6) is 2.39. The van der Waals surface area contributed by atoms with E-state index in [4.69, 9.17) is 0 Å². The van der Waals surface area contributed by atoms with Gasteiger partial charge in [0, 0.05) is 26.2 Å². The topological polar surface area (TPSA) is 66.5 Å². The second-order valence-electron chi connectivity index (χ2n) is 8.92. The number of rotatable bonds is 5. The maximum atomic E-state index is 12.7. The SMILES string of the molecule is CN(C)S(=O)(=O)c1cccc(C(=O)NCC23CC4CC(CC(C4)C2)C3)c1. The van der Waals surface area contributed by atoms with Gasteiger partial charge in [0.2, 0.25) is 10.0 Å². The summed E-state index contributed by atoms with van der Waals surface area (Å²) in [6.45, 7) is 0.722. The number of hydrogen-bond acceptors (Lipinski definition) is 3. The van der Waals surface area contributed by atoms with Crippen molar-refractivity contribution in [3.05, 3.63) is 29.8 Å². The summed E-state index contributed by atoms with van der Waals surface area (Å²) in [5.41, 5.74) is 0.690. The molecule has 1 aromatic carbocycles. The van der Waals surface area contributed by atoms with Crippen LogP contribution < -0.4 is 5.32 Å². The lowest BCUT2D eigenvalue weighted by molar-refractivity contribution is -0.0503. The fourth-order valence-corrected chi connectivity index (χ4v) is 6.83. The summed E-state index contributed by atoms with van der Waals surface area (Å²) >= 11 is 0. The molecule has 0 atom stereocenters. The highest BCUT2D eigenvalue weighted by atomic mass is 32.2. The van der Waals surface area contributed by atoms with E-state index in [1.807, 2.05) is 0 Å². The van der Waals surface area contributed by atoms with E-state index in [-0.39, 0.29) is 16.2 Å². The van der Waals surface area contributed by atoms with Crippen LogP contribution in [0.25, 0.3) is 0 Å². The van der Waals surface area contributed by atoms with Gasteiger partial charge in [0.15, 0.2) is 0 Å². The first-order valence-corrected chi connectivity index (χ1v) is 11.0. The Hall–Kier alpha value is -1.40. The monoisotopic (exact) mass is 376 g/mol. The molecule has 0 aromatic heterocycles. The first kappa shape index (κ1) is 18.0. The van der Waals surface area contributed by atoms with Gasteiger partial charge in [-0.3, -0.25) is 4.79 Å². The minimum Gasteiger partial charge on any atom is -0.351 e. The van der Waals surface area contributed by atoms with Gasteiger partial charge >= 0.3 is 0 Å². The van der Waals surface area contributed by atoms with Crippen molar-refractivity contribution in [2.24, 2.45) is 23.2 Å². The van der Waals surface area contributed by atoms with Crippen molar-refractivity contribution >= 4 is 15.9 Å². The van der Waals surface area contributed by atoms with Crippen LogP contribution in [0.5, 0.6) is 0 Å². The van der Waals surface area contributed by atoms with Gasteiger partial charge in [-0.1, -0.05) is 6.07 Å². The van der Waals surface area contributed by atoms with Crippen molar-refractivity contribution in [2.45, 2.75) is 43.4 Å². The molecule has 4 aliphatic rings. The van der Waals surface area contributed by atoms with Crippen LogP contribution >= 0.6 is 0 Å². The molecule has 0 spiro atoms. The molecule has 4 saturated carbocycles. The molecule has 0 radical (unpaired) electrons. The molecule has 6 heteroatoms. The van der Waals surface area contributed by atoms with E-state index in [0.717, 1.165) is 24.3 Å². The van der Waals surface area contributed by atoms with Crippen molar-refractivity contribution < 1.29 is 13.2 Å². The number of benzene rings is 1. The Morgan fingerprint density at radius 1 is 1.12 bits per heavy atom. The normalized spacial score (nSPS) is 32.8. The maximum absolute atomic E-state index is 12.7. The molecule has 142 valence electrons. The molecule has 1 N–H and O–H groups in total. The van der Waals surface area contributed by atoms with Gasteiger partial charge < -0.3 is 5.32 Å². The lowest BCUT2D eigenvalue weighted by Crippen LogP contribution is -2.51. The van der Waals surface area contributed by atoms with Crippen LogP contribution in [0, 0.1) is 23.2 Å². The number of nitrogens with one attached hydrogen (secondary N) is 1. The summed E-state index contributed by atoms with van der Waals surface area (Å²) in [6, 6.07) is 6.33. The van der Waals surface area contributed by atoms with Gasteiger partial charge in [-0.2, -0.15) is 0 Å². The minimum absolute atomic E-state index is 0.157. The van der Waals surface area contributed by atoms with Crippen LogP contribution in [0.2, 0.25) is 0 Å². The first-order chi connectivity index (χ1) is 12.3. The van der Waals surface area contributed by atoms with Crippen LogP contribution in [0.3, 0.4) is 0 Å². The number of carbonyl (C=O) groups is 1. The predicted molar refractivity (Wildman–Crippen MR) is 100 cm³/mol. The zero-order chi connectivity index (χ0) is 18.5. The number of nitrogens with zero attached hydrogens (tertiary/aromatic N) is 1. The van der Waals surface area contributed by atoms with E-state index in [0.29, 0.717) is 5.56 Å². The number of amides is 1. The number of hydrogen-bond donors (Lipinski definition) is 1. The maximum Gasteiger partial charge on any atom is 0.251 e. The summed E-state index contributed by atoms with van der Waals surface area (Å²) in [6.07, 6.45) is 7.89. The van der Waals surface area contributed by atoms with E-state index < -0.39 is 10.0 Å². The lowest BCUT2D eigenvalue weighted by atomic mass is 9.49. The van der Waals surface area contributed by atoms with Crippen LogP contribution in [-0.2, 0) is 10.0 Å². The summed E-state index contributed by atoms with van der Waals surface area (Å²) in [5, 5.41) is 3.12. The minimum atomic E-state index is -3.53. The van der Waals surface area contributed by atoms with Crippen LogP contribution in [0.15, 0.2) is 29.2 Å². The molecule has 1 aromatic rings. The molecule has 5 nitrogen and oxygen atoms in total. The Morgan fingerprint density at radius 2 is 1.69 bits per heavy atom. The molecule has 0 unspecified atom stereocenters. The Bertz CT molecular complexity index is 781. The van der Waals surface area contributed by atoms with E-state index in [2.05, 4.69) is 5.32 Å². The highest BCUT2D eigenvalue weighted by Gasteiger charge is 2.50. The fourth-order valence-electron chi connectivity index (χ4n) is 5.88. The molecule has 4 bridgehead atoms. The number of carbonyl (C=O) groups excluding carboxylic acids is 1. The Kier molecular flexibility index (Phi) is 4.39. The molecule has 5 rings (SSSR count). The molecule has 0 heterocycles. The average molecular weight is 377 g/mol. The largest absolute Gasteiger partial charge is 0.351 e. The molecule has 0 aliphatic heterocycles. The highest BCUT2D eigenvalue weighted by molar-refractivity contribution is 7.89. The third-order valence-electron chi connectivity index (χ3n) is 6.66. The van der Waals surface area contributed by atoms with Crippen molar-refractivity contribution in [1.29, 1.82) is 0 Å². The molecule has 26 heavy (non-hydrogen) atoms. The zero-order valence-electron chi connectivity index (χ0n) is 15.6. The van der Waals surface area contributed by atoms with E-state index in [9.17, 15) is 13.2 Å². The molecule has 4 fully saturated rings. The first-order valence-electron chi connectivity index (χ1n) is 9.58. The van der Waals surface area contributed by atoms with Crippen LogP contribution in [-0.4, -0.2) is 39.3 Å². The van der Waals surface area contributed by atoms with Gasteiger partial charge in [-0.15, -0.1) is 0 Å². The third kappa shape index (κ3) is 3.18.